The molecule has 0 aliphatic heterocycles. The number of carbonyl (C=O) groups excluding carboxylic acids is 1. The minimum absolute atomic E-state index is 0.0318. The third kappa shape index (κ3) is 2.28. The summed E-state index contributed by atoms with van der Waals surface area (Å²) in [4.78, 5) is 14.6. The molecule has 0 bridgehead atoms. The van der Waals surface area contributed by atoms with Gasteiger partial charge in [-0.05, 0) is 24.6 Å². The molecule has 0 unspecified atom stereocenters. The largest absolute Gasteiger partial charge is 0.276 e. The molecule has 0 atom stereocenters. The van der Waals surface area contributed by atoms with Gasteiger partial charge in [0.05, 0.1) is 11.3 Å². The highest BCUT2D eigenvalue weighted by atomic mass is 35.5. The van der Waals surface area contributed by atoms with Crippen LogP contribution in [0.1, 0.15) is 33.7 Å². The van der Waals surface area contributed by atoms with Crippen LogP contribution in [0.5, 0.6) is 0 Å². The Labute approximate surface area is 89.3 Å². The Morgan fingerprint density at radius 1 is 1.67 bits per heavy atom. The van der Waals surface area contributed by atoms with Gasteiger partial charge in [-0.15, -0.1) is 0 Å². The Morgan fingerprint density at radius 2 is 2.27 bits per heavy atom. The van der Waals surface area contributed by atoms with E-state index in [9.17, 15) is 13.6 Å². The van der Waals surface area contributed by atoms with Crippen LogP contribution in [0.15, 0.2) is 6.07 Å². The Balaban J connectivity index is 3.51. The van der Waals surface area contributed by atoms with Crippen molar-refractivity contribution in [3.8, 4) is 6.07 Å². The van der Waals surface area contributed by atoms with Crippen molar-refractivity contribution in [2.45, 2.75) is 13.3 Å². The molecule has 0 aliphatic carbocycles. The number of aryl methyl sites for hydroxylation is 1. The Bertz CT molecular complexity index is 454. The second-order valence-corrected chi connectivity index (χ2v) is 3.09. The van der Waals surface area contributed by atoms with Crippen LogP contribution in [0.3, 0.4) is 0 Å². The first kappa shape index (κ1) is 11.5. The van der Waals surface area contributed by atoms with Gasteiger partial charge >= 0.3 is 0 Å². The molecule has 1 aromatic heterocycles. The second kappa shape index (κ2) is 4.32. The predicted molar refractivity (Wildman–Crippen MR) is 48.8 cm³/mol. The quantitative estimate of drug-likeness (QED) is 0.734. The lowest BCUT2D eigenvalue weighted by atomic mass is 10.1. The molecule has 1 rings (SSSR count). The van der Waals surface area contributed by atoms with Gasteiger partial charge in [-0.1, -0.05) is 0 Å². The average Bonchev–Trinajstić information content (AvgIpc) is 2.15. The molecular formula is C9H5ClF2N2O. The van der Waals surface area contributed by atoms with E-state index in [1.807, 2.05) is 0 Å². The number of alkyl halides is 2. The molecule has 15 heavy (non-hydrogen) atoms. The SMILES string of the molecule is Cc1nc(C#N)cc(C(F)F)c1C(=O)Cl. The predicted octanol–water partition coefficient (Wildman–Crippen LogP) is 2.58. The van der Waals surface area contributed by atoms with Crippen LogP contribution in [0.25, 0.3) is 0 Å². The van der Waals surface area contributed by atoms with Gasteiger partial charge < -0.3 is 0 Å². The molecule has 78 valence electrons. The average molecular weight is 231 g/mol. The summed E-state index contributed by atoms with van der Waals surface area (Å²) in [6.07, 6.45) is -2.86. The van der Waals surface area contributed by atoms with Gasteiger partial charge in [0.2, 0.25) is 0 Å². The molecule has 0 N–H and O–H groups in total. The summed E-state index contributed by atoms with van der Waals surface area (Å²) in [6.45, 7) is 1.35. The summed E-state index contributed by atoms with van der Waals surface area (Å²) in [5.41, 5.74) is -1.02. The van der Waals surface area contributed by atoms with Gasteiger partial charge in [0.1, 0.15) is 11.8 Å². The molecule has 6 heteroatoms. The topological polar surface area (TPSA) is 53.8 Å². The summed E-state index contributed by atoms with van der Waals surface area (Å²) in [5, 5.41) is 7.52. The fraction of sp³-hybridized carbons (Fsp3) is 0.222. The van der Waals surface area contributed by atoms with E-state index in [0.29, 0.717) is 0 Å². The van der Waals surface area contributed by atoms with Crippen LogP contribution in [0.2, 0.25) is 0 Å². The van der Waals surface area contributed by atoms with E-state index < -0.39 is 17.2 Å². The standard InChI is InChI=1S/C9H5ClF2N2O/c1-4-7(8(10)15)6(9(11)12)2-5(3-13)14-4/h2,9H,1H3. The zero-order valence-corrected chi connectivity index (χ0v) is 8.35. The molecule has 0 amide bonds. The molecule has 0 saturated carbocycles. The summed E-state index contributed by atoms with van der Waals surface area (Å²) in [5.74, 6) is 0. The molecule has 0 saturated heterocycles. The minimum Gasteiger partial charge on any atom is -0.276 e. The van der Waals surface area contributed by atoms with E-state index in [4.69, 9.17) is 16.9 Å². The van der Waals surface area contributed by atoms with Crippen LogP contribution in [-0.2, 0) is 0 Å². The number of hydrogen-bond acceptors (Lipinski definition) is 3. The maximum atomic E-state index is 12.5. The van der Waals surface area contributed by atoms with Crippen molar-refractivity contribution in [3.63, 3.8) is 0 Å². The van der Waals surface area contributed by atoms with E-state index in [0.717, 1.165) is 6.07 Å². The lowest BCUT2D eigenvalue weighted by molar-refractivity contribution is 0.106. The molecule has 0 aromatic carbocycles. The highest BCUT2D eigenvalue weighted by Gasteiger charge is 2.21. The van der Waals surface area contributed by atoms with Crippen molar-refractivity contribution < 1.29 is 13.6 Å². The van der Waals surface area contributed by atoms with Crippen molar-refractivity contribution in [2.24, 2.45) is 0 Å². The normalized spacial score (nSPS) is 10.1. The van der Waals surface area contributed by atoms with Crippen LogP contribution in [0, 0.1) is 18.3 Å². The first-order valence-electron chi connectivity index (χ1n) is 3.87. The molecule has 0 radical (unpaired) electrons. The minimum atomic E-state index is -2.86. The molecule has 0 spiro atoms. The number of aromatic nitrogens is 1. The summed E-state index contributed by atoms with van der Waals surface area (Å²) in [6, 6.07) is 2.50. The number of halogens is 3. The number of nitrogens with zero attached hydrogens (tertiary/aromatic N) is 2. The van der Waals surface area contributed by atoms with Gasteiger partial charge in [-0.2, -0.15) is 5.26 Å². The number of hydrogen-bond donors (Lipinski definition) is 0. The highest BCUT2D eigenvalue weighted by Crippen LogP contribution is 2.26. The Morgan fingerprint density at radius 3 is 2.67 bits per heavy atom. The summed E-state index contributed by atoms with van der Waals surface area (Å²) >= 11 is 5.16. The highest BCUT2D eigenvalue weighted by molar-refractivity contribution is 6.68. The maximum Gasteiger partial charge on any atom is 0.264 e. The first-order chi connectivity index (χ1) is 6.97. The third-order valence-corrected chi connectivity index (χ3v) is 1.97. The fourth-order valence-electron chi connectivity index (χ4n) is 1.18. The lowest BCUT2D eigenvalue weighted by Gasteiger charge is -2.07. The van der Waals surface area contributed by atoms with Crippen LogP contribution in [0.4, 0.5) is 8.78 Å². The third-order valence-electron chi connectivity index (χ3n) is 1.78. The monoisotopic (exact) mass is 230 g/mol. The van der Waals surface area contributed by atoms with Gasteiger partial charge in [-0.25, -0.2) is 13.8 Å². The zero-order chi connectivity index (χ0) is 11.6. The van der Waals surface area contributed by atoms with E-state index in [1.54, 1.807) is 6.07 Å². The van der Waals surface area contributed by atoms with Crippen LogP contribution in [-0.4, -0.2) is 10.2 Å². The number of nitriles is 1. The van der Waals surface area contributed by atoms with Gasteiger partial charge in [0, 0.05) is 5.56 Å². The van der Waals surface area contributed by atoms with Crippen molar-refractivity contribution >= 4 is 16.8 Å². The van der Waals surface area contributed by atoms with Crippen LogP contribution < -0.4 is 0 Å². The first-order valence-corrected chi connectivity index (χ1v) is 4.24. The van der Waals surface area contributed by atoms with Crippen molar-refractivity contribution in [1.29, 1.82) is 5.26 Å². The van der Waals surface area contributed by atoms with Gasteiger partial charge in [0.25, 0.3) is 11.7 Å². The molecule has 3 nitrogen and oxygen atoms in total. The van der Waals surface area contributed by atoms with E-state index >= 15 is 0 Å². The second-order valence-electron chi connectivity index (χ2n) is 2.74. The van der Waals surface area contributed by atoms with Gasteiger partial charge in [0.15, 0.2) is 0 Å². The summed E-state index contributed by atoms with van der Waals surface area (Å²) < 4.78 is 25.1. The van der Waals surface area contributed by atoms with Crippen molar-refractivity contribution in [2.75, 3.05) is 0 Å². The lowest BCUT2D eigenvalue weighted by Crippen LogP contribution is -2.05. The molecule has 0 fully saturated rings. The van der Waals surface area contributed by atoms with Crippen molar-refractivity contribution in [3.05, 3.63) is 28.6 Å². The molecule has 0 aliphatic rings. The van der Waals surface area contributed by atoms with Crippen molar-refractivity contribution in [1.82, 2.24) is 4.98 Å². The number of carbonyl (C=O) groups is 1. The maximum absolute atomic E-state index is 12.5. The van der Waals surface area contributed by atoms with Gasteiger partial charge in [-0.3, -0.25) is 4.79 Å². The number of rotatable bonds is 2. The van der Waals surface area contributed by atoms with E-state index in [2.05, 4.69) is 4.98 Å². The molecular weight excluding hydrogens is 226 g/mol. The fourth-order valence-corrected chi connectivity index (χ4v) is 1.43. The molecule has 1 heterocycles. The Hall–Kier alpha value is -1.54. The van der Waals surface area contributed by atoms with E-state index in [1.165, 1.54) is 6.92 Å². The van der Waals surface area contributed by atoms with E-state index in [-0.39, 0.29) is 17.0 Å². The zero-order valence-electron chi connectivity index (χ0n) is 7.59. The Kier molecular flexibility index (Phi) is 3.32. The smallest absolute Gasteiger partial charge is 0.264 e. The number of pyridine rings is 1. The molecule has 1 aromatic rings. The summed E-state index contributed by atoms with van der Waals surface area (Å²) in [7, 11) is 0. The van der Waals surface area contributed by atoms with Crippen LogP contribution >= 0.6 is 11.6 Å².